The third kappa shape index (κ3) is 2.71. The second kappa shape index (κ2) is 5.10. The molecule has 0 bridgehead atoms. The molecule has 1 aromatic carbocycles. The van der Waals surface area contributed by atoms with Crippen molar-refractivity contribution in [2.75, 3.05) is 6.54 Å². The molecule has 0 radical (unpaired) electrons. The van der Waals surface area contributed by atoms with Crippen LogP contribution in [0.5, 0.6) is 0 Å². The highest BCUT2D eigenvalue weighted by atomic mass is 16.4. The summed E-state index contributed by atoms with van der Waals surface area (Å²) >= 11 is 0. The molecule has 0 aliphatic heterocycles. The maximum absolute atomic E-state index is 5.61. The second-order valence-corrected chi connectivity index (χ2v) is 4.21. The van der Waals surface area contributed by atoms with Crippen molar-refractivity contribution in [2.45, 2.75) is 26.7 Å². The smallest absolute Gasteiger partial charge is 0.247 e. The number of aryl methyl sites for hydroxylation is 3. The third-order valence-electron chi connectivity index (χ3n) is 2.67. The molecule has 17 heavy (non-hydrogen) atoms. The van der Waals surface area contributed by atoms with Crippen LogP contribution in [0.15, 0.2) is 22.6 Å². The van der Waals surface area contributed by atoms with Crippen LogP contribution < -0.4 is 5.73 Å². The molecule has 0 saturated carbocycles. The van der Waals surface area contributed by atoms with Gasteiger partial charge in [-0.2, -0.15) is 0 Å². The quantitative estimate of drug-likeness (QED) is 0.876. The molecule has 4 nitrogen and oxygen atoms in total. The van der Waals surface area contributed by atoms with Crippen LogP contribution in [0, 0.1) is 13.8 Å². The minimum atomic E-state index is 0.592. The lowest BCUT2D eigenvalue weighted by Gasteiger charge is -2.01. The lowest BCUT2D eigenvalue weighted by Crippen LogP contribution is -2.00. The van der Waals surface area contributed by atoms with Crippen molar-refractivity contribution in [2.24, 2.45) is 5.73 Å². The number of nitrogens with two attached hydrogens (primary N) is 1. The van der Waals surface area contributed by atoms with Crippen LogP contribution in [0.1, 0.15) is 23.4 Å². The van der Waals surface area contributed by atoms with Gasteiger partial charge in [0.1, 0.15) is 0 Å². The molecule has 1 heterocycles. The summed E-state index contributed by atoms with van der Waals surface area (Å²) in [5.74, 6) is 1.25. The Morgan fingerprint density at radius 2 is 2.06 bits per heavy atom. The zero-order chi connectivity index (χ0) is 12.3. The summed E-state index contributed by atoms with van der Waals surface area (Å²) in [5, 5.41) is 8.09. The highest BCUT2D eigenvalue weighted by molar-refractivity contribution is 5.58. The Hall–Kier alpha value is -1.68. The molecule has 2 aromatic rings. The van der Waals surface area contributed by atoms with Crippen molar-refractivity contribution in [1.29, 1.82) is 0 Å². The maximum Gasteiger partial charge on any atom is 0.247 e. The van der Waals surface area contributed by atoms with Crippen LogP contribution in [0.4, 0.5) is 0 Å². The first-order valence-electron chi connectivity index (χ1n) is 5.81. The first-order valence-corrected chi connectivity index (χ1v) is 5.81. The molecule has 0 amide bonds. The van der Waals surface area contributed by atoms with E-state index in [1.54, 1.807) is 0 Å². The topological polar surface area (TPSA) is 64.9 Å². The number of benzene rings is 1. The summed E-state index contributed by atoms with van der Waals surface area (Å²) in [4.78, 5) is 0. The van der Waals surface area contributed by atoms with Gasteiger partial charge in [0.05, 0.1) is 0 Å². The summed E-state index contributed by atoms with van der Waals surface area (Å²) in [6.07, 6.45) is 1.61. The van der Waals surface area contributed by atoms with Gasteiger partial charge in [0.2, 0.25) is 11.8 Å². The van der Waals surface area contributed by atoms with Crippen LogP contribution in [-0.4, -0.2) is 16.7 Å². The van der Waals surface area contributed by atoms with Gasteiger partial charge in [-0.1, -0.05) is 17.7 Å². The second-order valence-electron chi connectivity index (χ2n) is 4.21. The van der Waals surface area contributed by atoms with E-state index in [1.165, 1.54) is 5.56 Å². The minimum Gasteiger partial charge on any atom is -0.421 e. The van der Waals surface area contributed by atoms with E-state index in [0.29, 0.717) is 18.3 Å². The van der Waals surface area contributed by atoms with Gasteiger partial charge in [0.25, 0.3) is 0 Å². The first kappa shape index (κ1) is 11.8. The molecule has 2 rings (SSSR count). The molecular formula is C13H17N3O. The largest absolute Gasteiger partial charge is 0.421 e. The number of aromatic nitrogens is 2. The number of nitrogens with zero attached hydrogens (tertiary/aromatic N) is 2. The summed E-state index contributed by atoms with van der Waals surface area (Å²) in [6, 6.07) is 6.18. The van der Waals surface area contributed by atoms with Gasteiger partial charge in [-0.25, -0.2) is 0 Å². The van der Waals surface area contributed by atoms with E-state index in [4.69, 9.17) is 10.2 Å². The molecule has 0 unspecified atom stereocenters. The van der Waals surface area contributed by atoms with Crippen LogP contribution in [0.25, 0.3) is 11.5 Å². The fourth-order valence-corrected chi connectivity index (χ4v) is 1.77. The molecule has 1 aromatic heterocycles. The fourth-order valence-electron chi connectivity index (χ4n) is 1.77. The maximum atomic E-state index is 5.61. The summed E-state index contributed by atoms with van der Waals surface area (Å²) < 4.78 is 5.61. The Kier molecular flexibility index (Phi) is 3.54. The van der Waals surface area contributed by atoms with Gasteiger partial charge >= 0.3 is 0 Å². The van der Waals surface area contributed by atoms with Gasteiger partial charge in [-0.3, -0.25) is 0 Å². The van der Waals surface area contributed by atoms with Gasteiger partial charge in [0, 0.05) is 12.0 Å². The minimum absolute atomic E-state index is 0.592. The lowest BCUT2D eigenvalue weighted by molar-refractivity contribution is 0.498. The predicted octanol–water partition coefficient (Wildman–Crippen LogP) is 2.24. The van der Waals surface area contributed by atoms with Crippen molar-refractivity contribution in [3.05, 3.63) is 35.2 Å². The fraction of sp³-hybridized carbons (Fsp3) is 0.385. The average molecular weight is 231 g/mol. The van der Waals surface area contributed by atoms with Gasteiger partial charge in [-0.15, -0.1) is 10.2 Å². The van der Waals surface area contributed by atoms with Gasteiger partial charge in [0.15, 0.2) is 0 Å². The molecule has 2 N–H and O–H groups in total. The molecule has 0 atom stereocenters. The summed E-state index contributed by atoms with van der Waals surface area (Å²) in [7, 11) is 0. The van der Waals surface area contributed by atoms with Crippen LogP contribution >= 0.6 is 0 Å². The molecule has 0 fully saturated rings. The Bertz CT molecular complexity index is 505. The van der Waals surface area contributed by atoms with E-state index < -0.39 is 0 Å². The lowest BCUT2D eigenvalue weighted by atomic mass is 10.1. The zero-order valence-electron chi connectivity index (χ0n) is 10.2. The Morgan fingerprint density at radius 3 is 2.76 bits per heavy atom. The summed E-state index contributed by atoms with van der Waals surface area (Å²) in [6.45, 7) is 4.75. The molecule has 0 saturated heterocycles. The van der Waals surface area contributed by atoms with Crippen LogP contribution in [0.2, 0.25) is 0 Å². The molecule has 4 heteroatoms. The molecular weight excluding hydrogens is 214 g/mol. The highest BCUT2D eigenvalue weighted by Gasteiger charge is 2.10. The Balaban J connectivity index is 2.24. The normalized spacial score (nSPS) is 10.8. The molecule has 0 aliphatic rings. The number of rotatable bonds is 4. The zero-order valence-corrected chi connectivity index (χ0v) is 10.2. The van der Waals surface area contributed by atoms with Crippen LogP contribution in [-0.2, 0) is 6.42 Å². The monoisotopic (exact) mass is 231 g/mol. The third-order valence-corrected chi connectivity index (χ3v) is 2.67. The molecule has 90 valence electrons. The Morgan fingerprint density at radius 1 is 1.24 bits per heavy atom. The van der Waals surface area contributed by atoms with E-state index >= 15 is 0 Å². The first-order chi connectivity index (χ1) is 8.20. The van der Waals surface area contributed by atoms with Crippen molar-refractivity contribution in [3.8, 4) is 11.5 Å². The van der Waals surface area contributed by atoms with Crippen molar-refractivity contribution >= 4 is 0 Å². The predicted molar refractivity (Wildman–Crippen MR) is 66.6 cm³/mol. The Labute approximate surface area is 101 Å². The molecule has 0 spiro atoms. The van der Waals surface area contributed by atoms with E-state index in [2.05, 4.69) is 23.2 Å². The van der Waals surface area contributed by atoms with Gasteiger partial charge in [-0.05, 0) is 38.4 Å². The highest BCUT2D eigenvalue weighted by Crippen LogP contribution is 2.23. The summed E-state index contributed by atoms with van der Waals surface area (Å²) in [5.41, 5.74) is 8.83. The molecule has 0 aliphatic carbocycles. The van der Waals surface area contributed by atoms with E-state index in [1.807, 2.05) is 19.1 Å². The van der Waals surface area contributed by atoms with Crippen molar-refractivity contribution in [3.63, 3.8) is 0 Å². The van der Waals surface area contributed by atoms with E-state index in [9.17, 15) is 0 Å². The van der Waals surface area contributed by atoms with Crippen molar-refractivity contribution in [1.82, 2.24) is 10.2 Å². The standard InChI is InChI=1S/C13H17N3O/c1-9-5-6-11(10(2)8-9)13-16-15-12(17-13)4-3-7-14/h5-6,8H,3-4,7,14H2,1-2H3. The number of hydrogen-bond acceptors (Lipinski definition) is 4. The van der Waals surface area contributed by atoms with Crippen LogP contribution in [0.3, 0.4) is 0 Å². The average Bonchev–Trinajstić information content (AvgIpc) is 2.75. The number of hydrogen-bond donors (Lipinski definition) is 1. The SMILES string of the molecule is Cc1ccc(-c2nnc(CCCN)o2)c(C)c1. The van der Waals surface area contributed by atoms with E-state index in [-0.39, 0.29) is 0 Å². The van der Waals surface area contributed by atoms with Gasteiger partial charge < -0.3 is 10.2 Å². The van der Waals surface area contributed by atoms with E-state index in [0.717, 1.165) is 24.0 Å². The van der Waals surface area contributed by atoms with Crippen molar-refractivity contribution < 1.29 is 4.42 Å².